The molecule has 39 nitrogen and oxygen atoms in total. The number of carboxylic acid groups (broad SMARTS) is 1. The molecule has 16 amide bonds. The smallest absolute Gasteiger partial charge is 0.303 e. The summed E-state index contributed by atoms with van der Waals surface area (Å²) in [6.45, 7) is 3.12. The summed E-state index contributed by atoms with van der Waals surface area (Å²) in [5, 5.41) is 53.1. The molecule has 0 saturated carbocycles. The van der Waals surface area contributed by atoms with Gasteiger partial charge in [-0.15, -0.1) is 0 Å². The number of nitrogens with two attached hydrogens (primary N) is 6. The maximum atomic E-state index is 15.7. The first kappa shape index (κ1) is 92.6. The minimum Gasteiger partial charge on any atom is -0.492 e. The monoisotopic (exact) mass is 1630 g/mol. The number of aromatic amines is 1. The Hall–Kier alpha value is -12.3. The first-order chi connectivity index (χ1) is 55.1. The van der Waals surface area contributed by atoms with Gasteiger partial charge in [0.1, 0.15) is 78.3 Å². The zero-order valence-electron chi connectivity index (χ0n) is 64.3. The number of unbranched alkanes of at least 4 members (excludes halogenated alkanes) is 1. The van der Waals surface area contributed by atoms with Gasteiger partial charge in [-0.25, -0.2) is 0 Å². The van der Waals surface area contributed by atoms with Gasteiger partial charge in [0.05, 0.1) is 19.1 Å². The number of benzene rings is 4. The molecule has 12 atom stereocenters. The van der Waals surface area contributed by atoms with Gasteiger partial charge in [-0.1, -0.05) is 72.8 Å². The molecule has 1 aromatic heterocycles. The van der Waals surface area contributed by atoms with Crippen LogP contribution in [0.15, 0.2) is 97.2 Å². The summed E-state index contributed by atoms with van der Waals surface area (Å²) in [4.78, 5) is 239. The van der Waals surface area contributed by atoms with Gasteiger partial charge < -0.3 is 118 Å². The molecular formula is C76H103N19O20S. The summed E-state index contributed by atoms with van der Waals surface area (Å²) in [6.07, 6.45) is -5.71. The van der Waals surface area contributed by atoms with E-state index in [0.717, 1.165) is 31.0 Å². The second kappa shape index (κ2) is 45.6. The third-order valence-corrected chi connectivity index (χ3v) is 19.7. The quantitative estimate of drug-likeness (QED) is 0.0164. The number of para-hydroxylation sites is 1. The lowest BCUT2D eigenvalue weighted by Crippen LogP contribution is -2.64. The molecule has 116 heavy (non-hydrogen) atoms. The third-order valence-electron chi connectivity index (χ3n) is 18.6. The highest BCUT2D eigenvalue weighted by atomic mass is 32.2. The second-order valence-electron chi connectivity index (χ2n) is 28.1. The molecule has 0 spiro atoms. The Morgan fingerprint density at radius 2 is 1.21 bits per heavy atom. The highest BCUT2D eigenvalue weighted by Gasteiger charge is 2.42. The van der Waals surface area contributed by atoms with E-state index in [9.17, 15) is 67.7 Å². The maximum absolute atomic E-state index is 15.7. The van der Waals surface area contributed by atoms with E-state index in [2.05, 4.69) is 68.8 Å². The average Bonchev–Trinajstić information content (AvgIpc) is 1.50. The van der Waals surface area contributed by atoms with Crippen LogP contribution in [0.3, 0.4) is 0 Å². The van der Waals surface area contributed by atoms with Gasteiger partial charge in [0, 0.05) is 74.8 Å². The van der Waals surface area contributed by atoms with Gasteiger partial charge in [-0.05, 0) is 117 Å². The van der Waals surface area contributed by atoms with Crippen molar-refractivity contribution in [2.75, 3.05) is 37.7 Å². The Balaban J connectivity index is 1.46. The van der Waals surface area contributed by atoms with Crippen molar-refractivity contribution in [2.45, 2.75) is 183 Å². The zero-order valence-corrected chi connectivity index (χ0v) is 65.2. The van der Waals surface area contributed by atoms with E-state index in [1.54, 1.807) is 91.1 Å². The predicted octanol–water partition coefficient (Wildman–Crippen LogP) is -5.05. The van der Waals surface area contributed by atoms with Crippen LogP contribution in [0.2, 0.25) is 0 Å². The number of rotatable bonds is 39. The summed E-state index contributed by atoms with van der Waals surface area (Å²) >= 11 is 0.914. The van der Waals surface area contributed by atoms with Gasteiger partial charge in [0.2, 0.25) is 94.5 Å². The molecule has 0 bridgehead atoms. The number of hydrogen-bond donors (Lipinski definition) is 21. The molecule has 5 aromatic rings. The number of amides is 16. The zero-order chi connectivity index (χ0) is 85.3. The van der Waals surface area contributed by atoms with Crippen molar-refractivity contribution < 1.29 is 96.5 Å². The lowest BCUT2D eigenvalue weighted by atomic mass is 9.91. The van der Waals surface area contributed by atoms with Gasteiger partial charge >= 0.3 is 5.97 Å². The minimum atomic E-state index is -2.09. The van der Waals surface area contributed by atoms with Gasteiger partial charge in [0.15, 0.2) is 0 Å². The summed E-state index contributed by atoms with van der Waals surface area (Å²) in [7, 11) is 0. The Morgan fingerprint density at radius 1 is 0.612 bits per heavy atom. The number of aliphatic carboxylic acids is 1. The molecule has 0 unspecified atom stereocenters. The molecule has 2 heterocycles. The van der Waals surface area contributed by atoms with Crippen LogP contribution in [-0.4, -0.2) is 225 Å². The predicted molar refractivity (Wildman–Crippen MR) is 422 cm³/mol. The largest absolute Gasteiger partial charge is 0.492 e. The molecular weight excluding hydrogens is 1530 g/mol. The fourth-order valence-electron chi connectivity index (χ4n) is 12.4. The standard InChI is InChI=1S/C76H103N19O20S/c1-40(96)64-74(113)91-56(35-46-37-83-49-13-7-6-12-48(46)49)71(110)87-50(20-23-59(79)98)66(105)92-58(39-116-31-26-53(85-41(2)97)68(107)86-51(69(108)94-64)21-24-60(80)99)72(111)88-54(33-42-15-18-47(19-16-42)115-30-29-78)70(109)89-55(34-43-14-17-44-10-4-5-11-45(44)32-43)73(112)95-76(3,27-8-9-28-77)75(114)93-52(22-25-63(102)103)67(106)90-57(36-61(81)100)65(104)84-38-62(82)101/h4-7,10-19,32,37,40,50-58,64,83,96H,8-9,20-31,33-36,38-39,77-78H2,1-3H3,(H2,79,98)(H2,80,99)(H2,81,100)(H2,82,101)(H,84,104)(H,85,97)(H,86,107)(H,87,110)(H,88,111)(H,89,109)(H,90,106)(H,91,113)(H,92,105)(H,93,114)(H,94,108)(H,95,112)(H,102,103)/t40-,50+,51+,52+,53+,54+,55+,56+,57+,58+,64+,76+/m1/s1. The molecule has 40 heteroatoms. The van der Waals surface area contributed by atoms with E-state index in [-0.39, 0.29) is 64.0 Å². The van der Waals surface area contributed by atoms with Crippen LogP contribution in [0, 0.1) is 0 Å². The Labute approximate surface area is 670 Å². The normalized spacial score (nSPS) is 18.9. The molecule has 1 saturated heterocycles. The van der Waals surface area contributed by atoms with Gasteiger partial charge in [-0.3, -0.25) is 81.5 Å². The summed E-state index contributed by atoms with van der Waals surface area (Å²) < 4.78 is 5.71. The number of carboxylic acids is 1. The summed E-state index contributed by atoms with van der Waals surface area (Å²) in [6, 6.07) is 8.05. The lowest BCUT2D eigenvalue weighted by molar-refractivity contribution is -0.140. The molecule has 27 N–H and O–H groups in total. The highest BCUT2D eigenvalue weighted by molar-refractivity contribution is 7.99. The number of carbonyl (C=O) groups excluding carboxylic acids is 16. The van der Waals surface area contributed by atoms with E-state index in [1.807, 2.05) is 6.07 Å². The number of ether oxygens (including phenoxy) is 1. The molecule has 6 rings (SSSR count). The van der Waals surface area contributed by atoms with Crippen LogP contribution in [0.1, 0.15) is 108 Å². The van der Waals surface area contributed by atoms with E-state index < -0.39 is 236 Å². The number of aromatic nitrogens is 1. The van der Waals surface area contributed by atoms with Crippen molar-refractivity contribution in [1.82, 2.24) is 68.8 Å². The van der Waals surface area contributed by atoms with Crippen molar-refractivity contribution in [3.63, 3.8) is 0 Å². The number of nitrogens with one attached hydrogen (secondary N) is 13. The van der Waals surface area contributed by atoms with Crippen molar-refractivity contribution in [3.05, 3.63) is 114 Å². The molecule has 1 fully saturated rings. The molecule has 4 aromatic carbocycles. The number of carbonyl (C=O) groups is 17. The second-order valence-corrected chi connectivity index (χ2v) is 29.2. The van der Waals surface area contributed by atoms with Crippen LogP contribution in [0.25, 0.3) is 21.7 Å². The fraction of sp³-hybridized carbons (Fsp3) is 0.461. The summed E-state index contributed by atoms with van der Waals surface area (Å²) in [5.74, 6) is -18.5. The van der Waals surface area contributed by atoms with E-state index in [0.29, 0.717) is 38.7 Å². The number of fused-ring (bicyclic) bond motifs is 2. The topological polar surface area (TPSA) is 656 Å². The summed E-state index contributed by atoms with van der Waals surface area (Å²) in [5.41, 5.74) is 33.1. The minimum absolute atomic E-state index is 0.0877. The van der Waals surface area contributed by atoms with Crippen molar-refractivity contribution >= 4 is 134 Å². The Morgan fingerprint density at radius 3 is 1.84 bits per heavy atom. The molecule has 0 aliphatic carbocycles. The first-order valence-electron chi connectivity index (χ1n) is 37.4. The third kappa shape index (κ3) is 29.9. The van der Waals surface area contributed by atoms with Crippen molar-refractivity contribution in [2.24, 2.45) is 34.4 Å². The van der Waals surface area contributed by atoms with Crippen LogP contribution in [0.4, 0.5) is 0 Å². The van der Waals surface area contributed by atoms with E-state index >= 15 is 24.0 Å². The molecule has 0 radical (unpaired) electrons. The number of hydrogen-bond acceptors (Lipinski definition) is 22. The van der Waals surface area contributed by atoms with E-state index in [1.165, 1.54) is 6.92 Å². The van der Waals surface area contributed by atoms with Crippen LogP contribution in [-0.2, 0) is 101 Å². The van der Waals surface area contributed by atoms with Gasteiger partial charge in [-0.2, -0.15) is 11.8 Å². The van der Waals surface area contributed by atoms with Crippen LogP contribution in [0.5, 0.6) is 5.75 Å². The van der Waals surface area contributed by atoms with Gasteiger partial charge in [0.25, 0.3) is 0 Å². The number of thioether (sulfide) groups is 1. The average molecular weight is 1630 g/mol. The Kier molecular flexibility index (Phi) is 36.4. The molecule has 1 aliphatic rings. The van der Waals surface area contributed by atoms with Crippen LogP contribution >= 0.6 is 11.8 Å². The lowest BCUT2D eigenvalue weighted by Gasteiger charge is -2.34. The first-order valence-corrected chi connectivity index (χ1v) is 38.6. The highest BCUT2D eigenvalue weighted by Crippen LogP contribution is 2.24. The number of primary amides is 4. The van der Waals surface area contributed by atoms with E-state index in [4.69, 9.17) is 39.1 Å². The number of aliphatic hydroxyl groups is 1. The van der Waals surface area contributed by atoms with Crippen molar-refractivity contribution in [1.29, 1.82) is 0 Å². The SMILES string of the molecule is CC(=O)N[C@H]1CCSC[C@@H](C(=O)N[C@@H](Cc2ccc(OCCN)cc2)C(=O)N[C@@H](Cc2ccc3ccccc3c2)C(=O)N[C@@](C)(CCCCN)C(=O)N[C@@H](CCC(=O)O)C(=O)N[C@@H](CC(N)=O)C(=O)NCC(N)=O)NC(=O)[C@H](CCC(N)=O)NC(=O)[C@H](Cc2c[nH]c3ccccc23)NC(=O)[C@H]([C@@H](C)O)NC(=O)[C@H](CCC(N)=O)NC1=O. The number of aliphatic hydroxyl groups excluding tert-OH is 1. The maximum Gasteiger partial charge on any atom is 0.303 e. The van der Waals surface area contributed by atoms with Crippen LogP contribution < -0.4 is 103 Å². The fourth-order valence-corrected chi connectivity index (χ4v) is 13.5. The molecule has 628 valence electrons. The Bertz CT molecular complexity index is 4370. The van der Waals surface area contributed by atoms with Crippen molar-refractivity contribution in [3.8, 4) is 5.75 Å². The molecule has 1 aliphatic heterocycles. The number of H-pyrrole nitrogens is 1.